The molecule has 5 heteroatoms. The number of nitrogens with one attached hydrogen (secondary N) is 1. The maximum atomic E-state index is 11.4. The first-order valence-corrected chi connectivity index (χ1v) is 9.06. The van der Waals surface area contributed by atoms with Crippen LogP contribution in [0.5, 0.6) is 0 Å². The van der Waals surface area contributed by atoms with Crippen molar-refractivity contribution in [3.63, 3.8) is 0 Å². The zero-order chi connectivity index (χ0) is 16.9. The Balaban J connectivity index is 1.47. The molecule has 1 aromatic rings. The Bertz CT molecular complexity index is 529. The topological polar surface area (TPSA) is 55.8 Å². The monoisotopic (exact) mass is 331 g/mol. The Kier molecular flexibility index (Phi) is 5.87. The minimum absolute atomic E-state index is 0.182. The standard InChI is InChI=1S/C19H29N3O2/c1-15(23)21-9-7-17(8-10-21)20-12-18-11-19(24)14-22(18)13-16-5-3-2-4-6-16/h2-6,17-20,24H,7-14H2,1H3. The van der Waals surface area contributed by atoms with E-state index in [4.69, 9.17) is 0 Å². The number of likely N-dealkylation sites (tertiary alicyclic amines) is 2. The van der Waals surface area contributed by atoms with E-state index >= 15 is 0 Å². The fraction of sp³-hybridized carbons (Fsp3) is 0.632. The van der Waals surface area contributed by atoms with Gasteiger partial charge in [0.1, 0.15) is 0 Å². The predicted octanol–water partition coefficient (Wildman–Crippen LogP) is 1.22. The van der Waals surface area contributed by atoms with Gasteiger partial charge < -0.3 is 15.3 Å². The van der Waals surface area contributed by atoms with Crippen LogP contribution in [-0.4, -0.2) is 65.2 Å². The first-order chi connectivity index (χ1) is 11.6. The van der Waals surface area contributed by atoms with Gasteiger partial charge in [0.05, 0.1) is 6.10 Å². The molecule has 2 atom stereocenters. The molecule has 2 N–H and O–H groups in total. The molecule has 3 rings (SSSR count). The van der Waals surface area contributed by atoms with Gasteiger partial charge in [0.15, 0.2) is 0 Å². The first-order valence-electron chi connectivity index (χ1n) is 9.06. The summed E-state index contributed by atoms with van der Waals surface area (Å²) in [6.45, 7) is 5.92. The summed E-state index contributed by atoms with van der Waals surface area (Å²) >= 11 is 0. The molecule has 2 fully saturated rings. The molecule has 0 aromatic heterocycles. The second kappa shape index (κ2) is 8.10. The fourth-order valence-electron chi connectivity index (χ4n) is 3.88. The highest BCUT2D eigenvalue weighted by atomic mass is 16.3. The van der Waals surface area contributed by atoms with Crippen LogP contribution < -0.4 is 5.32 Å². The largest absolute Gasteiger partial charge is 0.392 e. The lowest BCUT2D eigenvalue weighted by Crippen LogP contribution is -2.47. The molecule has 5 nitrogen and oxygen atoms in total. The summed E-state index contributed by atoms with van der Waals surface area (Å²) in [4.78, 5) is 15.7. The van der Waals surface area contributed by atoms with Crippen LogP contribution in [0, 0.1) is 0 Å². The maximum Gasteiger partial charge on any atom is 0.219 e. The summed E-state index contributed by atoms with van der Waals surface area (Å²) in [5.41, 5.74) is 1.30. The molecule has 0 radical (unpaired) electrons. The number of hydrogen-bond acceptors (Lipinski definition) is 4. The van der Waals surface area contributed by atoms with Crippen LogP contribution in [0.1, 0.15) is 31.7 Å². The number of benzene rings is 1. The second-order valence-electron chi connectivity index (χ2n) is 7.15. The lowest BCUT2D eigenvalue weighted by atomic mass is 10.0. The SMILES string of the molecule is CC(=O)N1CCC(NCC2CC(O)CN2Cc2ccccc2)CC1. The molecule has 1 amide bonds. The van der Waals surface area contributed by atoms with Crippen molar-refractivity contribution in [1.29, 1.82) is 0 Å². The summed E-state index contributed by atoms with van der Waals surface area (Å²) in [5, 5.41) is 13.7. The van der Waals surface area contributed by atoms with Crippen LogP contribution in [0.25, 0.3) is 0 Å². The highest BCUT2D eigenvalue weighted by Gasteiger charge is 2.31. The van der Waals surface area contributed by atoms with Crippen LogP contribution in [0.15, 0.2) is 30.3 Å². The fourth-order valence-corrected chi connectivity index (χ4v) is 3.88. The van der Waals surface area contributed by atoms with Gasteiger partial charge in [-0.25, -0.2) is 0 Å². The molecule has 2 unspecified atom stereocenters. The van der Waals surface area contributed by atoms with Crippen molar-refractivity contribution in [1.82, 2.24) is 15.1 Å². The number of piperidine rings is 1. The van der Waals surface area contributed by atoms with Gasteiger partial charge in [0.25, 0.3) is 0 Å². The van der Waals surface area contributed by atoms with Crippen molar-refractivity contribution in [2.24, 2.45) is 0 Å². The van der Waals surface area contributed by atoms with Gasteiger partial charge in [-0.2, -0.15) is 0 Å². The number of aliphatic hydroxyl groups is 1. The number of carbonyl (C=O) groups excluding carboxylic acids is 1. The Morgan fingerprint density at radius 3 is 2.62 bits per heavy atom. The third-order valence-corrected chi connectivity index (χ3v) is 5.32. The second-order valence-corrected chi connectivity index (χ2v) is 7.15. The molecule has 2 heterocycles. The summed E-state index contributed by atoms with van der Waals surface area (Å²) in [5.74, 6) is 0.182. The third-order valence-electron chi connectivity index (χ3n) is 5.32. The number of aliphatic hydroxyl groups excluding tert-OH is 1. The van der Waals surface area contributed by atoms with Crippen molar-refractivity contribution in [2.45, 2.75) is 50.9 Å². The van der Waals surface area contributed by atoms with Gasteiger partial charge in [-0.05, 0) is 24.8 Å². The van der Waals surface area contributed by atoms with Crippen molar-refractivity contribution in [2.75, 3.05) is 26.2 Å². The smallest absolute Gasteiger partial charge is 0.219 e. The quantitative estimate of drug-likeness (QED) is 0.852. The highest BCUT2D eigenvalue weighted by Crippen LogP contribution is 2.21. The first kappa shape index (κ1) is 17.4. The van der Waals surface area contributed by atoms with Crippen LogP contribution in [0.4, 0.5) is 0 Å². The molecule has 2 aliphatic rings. The van der Waals surface area contributed by atoms with Gasteiger partial charge in [-0.15, -0.1) is 0 Å². The number of rotatable bonds is 5. The van der Waals surface area contributed by atoms with Gasteiger partial charge >= 0.3 is 0 Å². The predicted molar refractivity (Wildman–Crippen MR) is 94.5 cm³/mol. The molecular formula is C19H29N3O2. The average molecular weight is 331 g/mol. The molecular weight excluding hydrogens is 302 g/mol. The number of amides is 1. The van der Waals surface area contributed by atoms with Crippen LogP contribution in [0.3, 0.4) is 0 Å². The Hall–Kier alpha value is -1.43. The van der Waals surface area contributed by atoms with Crippen LogP contribution >= 0.6 is 0 Å². The van der Waals surface area contributed by atoms with Crippen molar-refractivity contribution < 1.29 is 9.90 Å². The Morgan fingerprint density at radius 2 is 1.96 bits per heavy atom. The molecule has 1 aromatic carbocycles. The summed E-state index contributed by atoms with van der Waals surface area (Å²) in [6.07, 6.45) is 2.66. The summed E-state index contributed by atoms with van der Waals surface area (Å²) in [6, 6.07) is 11.3. The van der Waals surface area contributed by atoms with E-state index in [9.17, 15) is 9.90 Å². The molecule has 0 bridgehead atoms. The number of nitrogens with zero attached hydrogens (tertiary/aromatic N) is 2. The minimum Gasteiger partial charge on any atom is -0.392 e. The van der Waals surface area contributed by atoms with E-state index in [1.807, 2.05) is 11.0 Å². The maximum absolute atomic E-state index is 11.4. The average Bonchev–Trinajstić information content (AvgIpc) is 2.93. The van der Waals surface area contributed by atoms with Crippen molar-refractivity contribution >= 4 is 5.91 Å². The van der Waals surface area contributed by atoms with Crippen molar-refractivity contribution in [3.05, 3.63) is 35.9 Å². The number of carbonyl (C=O) groups is 1. The molecule has 2 saturated heterocycles. The molecule has 0 saturated carbocycles. The van der Waals surface area contributed by atoms with E-state index in [-0.39, 0.29) is 12.0 Å². The summed E-state index contributed by atoms with van der Waals surface area (Å²) < 4.78 is 0. The van der Waals surface area contributed by atoms with Crippen molar-refractivity contribution in [3.8, 4) is 0 Å². The lowest BCUT2D eigenvalue weighted by Gasteiger charge is -2.33. The van der Waals surface area contributed by atoms with Gasteiger partial charge in [-0.1, -0.05) is 30.3 Å². The zero-order valence-electron chi connectivity index (χ0n) is 14.5. The van der Waals surface area contributed by atoms with E-state index in [2.05, 4.69) is 34.5 Å². The molecule has 0 aliphatic carbocycles. The minimum atomic E-state index is -0.222. The number of hydrogen-bond donors (Lipinski definition) is 2. The van der Waals surface area contributed by atoms with E-state index in [1.54, 1.807) is 6.92 Å². The Morgan fingerprint density at radius 1 is 1.25 bits per heavy atom. The van der Waals surface area contributed by atoms with E-state index in [1.165, 1.54) is 5.56 Å². The Labute approximate surface area is 144 Å². The van der Waals surface area contributed by atoms with Gasteiger partial charge in [-0.3, -0.25) is 9.69 Å². The zero-order valence-corrected chi connectivity index (χ0v) is 14.5. The third kappa shape index (κ3) is 4.56. The van der Waals surface area contributed by atoms with Gasteiger partial charge in [0, 0.05) is 51.7 Å². The van der Waals surface area contributed by atoms with Gasteiger partial charge in [0.2, 0.25) is 5.91 Å². The van der Waals surface area contributed by atoms with E-state index in [0.29, 0.717) is 12.1 Å². The summed E-state index contributed by atoms with van der Waals surface area (Å²) in [7, 11) is 0. The lowest BCUT2D eigenvalue weighted by molar-refractivity contribution is -0.129. The highest BCUT2D eigenvalue weighted by molar-refractivity contribution is 5.73. The van der Waals surface area contributed by atoms with E-state index in [0.717, 1.165) is 52.0 Å². The molecule has 24 heavy (non-hydrogen) atoms. The van der Waals surface area contributed by atoms with E-state index < -0.39 is 0 Å². The number of β-amino-alcohol motifs (C(OH)–C–C–N with tert-alkyl or cyclic N) is 1. The molecule has 132 valence electrons. The van der Waals surface area contributed by atoms with Crippen LogP contribution in [-0.2, 0) is 11.3 Å². The molecule has 2 aliphatic heterocycles. The van der Waals surface area contributed by atoms with Crippen LogP contribution in [0.2, 0.25) is 0 Å². The molecule has 0 spiro atoms. The normalized spacial score (nSPS) is 26.0.